The maximum atomic E-state index is 11.3. The van der Waals surface area contributed by atoms with Crippen LogP contribution < -0.4 is 0 Å². The second-order valence-corrected chi connectivity index (χ2v) is 4.48. The van der Waals surface area contributed by atoms with Gasteiger partial charge in [0.05, 0.1) is 18.6 Å². The van der Waals surface area contributed by atoms with Crippen molar-refractivity contribution in [3.8, 4) is 5.69 Å². The van der Waals surface area contributed by atoms with Gasteiger partial charge >= 0.3 is 5.30 Å². The van der Waals surface area contributed by atoms with Gasteiger partial charge in [0.2, 0.25) is 0 Å². The Hall–Kier alpha value is -1.75. The molecule has 0 atom stereocenters. The maximum Gasteiger partial charge on any atom is 0.367 e. The van der Waals surface area contributed by atoms with Crippen LogP contribution in [0.4, 0.5) is 4.79 Å². The predicted octanol–water partition coefficient (Wildman–Crippen LogP) is 3.26. The molecule has 18 heavy (non-hydrogen) atoms. The van der Waals surface area contributed by atoms with Crippen molar-refractivity contribution in [2.75, 3.05) is 6.61 Å². The molecule has 1 aromatic carbocycles. The molecule has 1 heterocycles. The number of aromatic nitrogens is 2. The van der Waals surface area contributed by atoms with E-state index in [2.05, 4.69) is 4.98 Å². The summed E-state index contributed by atoms with van der Waals surface area (Å²) < 4.78 is 6.83. The zero-order chi connectivity index (χ0) is 12.8. The number of para-hydroxylation sites is 1. The molecule has 5 heteroatoms. The standard InChI is InChI=1S/C13H14N2O2S/c1-2-17-13(16)18-9-11-5-3-4-6-12(11)15-8-7-14-10-15/h3-8,10H,2,9H2,1H3. The zero-order valence-electron chi connectivity index (χ0n) is 10.1. The third-order valence-corrected chi connectivity index (χ3v) is 3.19. The largest absolute Gasteiger partial charge is 0.458 e. The summed E-state index contributed by atoms with van der Waals surface area (Å²) >= 11 is 1.17. The van der Waals surface area contributed by atoms with Crippen LogP contribution in [0.5, 0.6) is 0 Å². The SMILES string of the molecule is CCOC(=O)SCc1ccccc1-n1ccnc1. The summed E-state index contributed by atoms with van der Waals surface area (Å²) in [5, 5.41) is -0.238. The van der Waals surface area contributed by atoms with E-state index < -0.39 is 0 Å². The van der Waals surface area contributed by atoms with Gasteiger partial charge in [-0.3, -0.25) is 0 Å². The number of hydrogen-bond donors (Lipinski definition) is 0. The molecule has 2 aromatic rings. The topological polar surface area (TPSA) is 44.1 Å². The molecule has 4 nitrogen and oxygen atoms in total. The van der Waals surface area contributed by atoms with E-state index in [-0.39, 0.29) is 5.30 Å². The van der Waals surface area contributed by atoms with E-state index in [0.717, 1.165) is 11.3 Å². The van der Waals surface area contributed by atoms with Crippen LogP contribution in [0, 0.1) is 0 Å². The summed E-state index contributed by atoms with van der Waals surface area (Å²) in [4.78, 5) is 15.4. The summed E-state index contributed by atoms with van der Waals surface area (Å²) in [6.07, 6.45) is 5.36. The molecule has 0 amide bonds. The Balaban J connectivity index is 2.11. The Bertz CT molecular complexity index is 511. The van der Waals surface area contributed by atoms with Gasteiger partial charge in [0.15, 0.2) is 0 Å². The molecule has 2 rings (SSSR count). The lowest BCUT2D eigenvalue weighted by Crippen LogP contribution is -2.00. The summed E-state index contributed by atoms with van der Waals surface area (Å²) in [5.41, 5.74) is 2.11. The number of imidazole rings is 1. The summed E-state index contributed by atoms with van der Waals surface area (Å²) in [7, 11) is 0. The van der Waals surface area contributed by atoms with Crippen LogP contribution in [0.3, 0.4) is 0 Å². The lowest BCUT2D eigenvalue weighted by molar-refractivity contribution is 0.181. The molecule has 0 aliphatic rings. The lowest BCUT2D eigenvalue weighted by Gasteiger charge is -2.09. The van der Waals surface area contributed by atoms with Gasteiger partial charge in [0.1, 0.15) is 0 Å². The Morgan fingerprint density at radius 3 is 3.00 bits per heavy atom. The Morgan fingerprint density at radius 1 is 1.44 bits per heavy atom. The van der Waals surface area contributed by atoms with Crippen molar-refractivity contribution >= 4 is 17.1 Å². The quantitative estimate of drug-likeness (QED) is 0.793. The number of rotatable bonds is 4. The third kappa shape index (κ3) is 3.13. The molecule has 94 valence electrons. The van der Waals surface area contributed by atoms with E-state index >= 15 is 0 Å². The number of benzene rings is 1. The van der Waals surface area contributed by atoms with Crippen molar-refractivity contribution in [3.63, 3.8) is 0 Å². The van der Waals surface area contributed by atoms with Crippen molar-refractivity contribution in [3.05, 3.63) is 48.5 Å². The van der Waals surface area contributed by atoms with E-state index in [1.807, 2.05) is 35.0 Å². The van der Waals surface area contributed by atoms with E-state index in [1.165, 1.54) is 11.8 Å². The van der Waals surface area contributed by atoms with E-state index in [4.69, 9.17) is 4.74 Å². The van der Waals surface area contributed by atoms with Gasteiger partial charge in [-0.05, 0) is 30.3 Å². The second kappa shape index (κ2) is 6.26. The molecule has 0 saturated heterocycles. The molecule has 0 radical (unpaired) electrons. The summed E-state index contributed by atoms with van der Waals surface area (Å²) in [6.45, 7) is 2.22. The normalized spacial score (nSPS) is 10.3. The first-order valence-corrected chi connectivity index (χ1v) is 6.65. The molecule has 0 fully saturated rings. The van der Waals surface area contributed by atoms with Crippen LogP contribution in [0.2, 0.25) is 0 Å². The van der Waals surface area contributed by atoms with Crippen LogP contribution >= 0.6 is 11.8 Å². The number of hydrogen-bond acceptors (Lipinski definition) is 4. The highest BCUT2D eigenvalue weighted by atomic mass is 32.2. The Kier molecular flexibility index (Phi) is 4.41. The zero-order valence-corrected chi connectivity index (χ0v) is 10.9. The lowest BCUT2D eigenvalue weighted by atomic mass is 10.2. The van der Waals surface area contributed by atoms with Crippen LogP contribution in [0.25, 0.3) is 5.69 Å². The highest BCUT2D eigenvalue weighted by Gasteiger charge is 2.07. The van der Waals surface area contributed by atoms with E-state index in [0.29, 0.717) is 12.4 Å². The smallest absolute Gasteiger partial charge is 0.367 e. The minimum absolute atomic E-state index is 0.238. The number of nitrogens with zero attached hydrogens (tertiary/aromatic N) is 2. The van der Waals surface area contributed by atoms with Crippen molar-refractivity contribution in [2.24, 2.45) is 0 Å². The molecule has 0 bridgehead atoms. The van der Waals surface area contributed by atoms with E-state index in [9.17, 15) is 4.79 Å². The van der Waals surface area contributed by atoms with E-state index in [1.54, 1.807) is 19.4 Å². The van der Waals surface area contributed by atoms with Gasteiger partial charge in [-0.25, -0.2) is 9.78 Å². The van der Waals surface area contributed by atoms with Crippen LogP contribution in [0.15, 0.2) is 43.0 Å². The van der Waals surface area contributed by atoms with Gasteiger partial charge in [-0.15, -0.1) is 0 Å². The van der Waals surface area contributed by atoms with Crippen LogP contribution in [-0.4, -0.2) is 21.5 Å². The molecule has 0 spiro atoms. The number of carbonyl (C=O) groups excluding carboxylic acids is 1. The highest BCUT2D eigenvalue weighted by Crippen LogP contribution is 2.21. The maximum absolute atomic E-state index is 11.3. The fourth-order valence-electron chi connectivity index (χ4n) is 1.58. The van der Waals surface area contributed by atoms with Crippen LogP contribution in [-0.2, 0) is 10.5 Å². The minimum atomic E-state index is -0.238. The summed E-state index contributed by atoms with van der Waals surface area (Å²) in [5.74, 6) is 0.590. The fourth-order valence-corrected chi connectivity index (χ4v) is 2.30. The van der Waals surface area contributed by atoms with Gasteiger partial charge in [0, 0.05) is 18.1 Å². The first-order valence-electron chi connectivity index (χ1n) is 5.67. The molecular weight excluding hydrogens is 248 g/mol. The van der Waals surface area contributed by atoms with Gasteiger partial charge in [-0.1, -0.05) is 18.2 Å². The van der Waals surface area contributed by atoms with Gasteiger partial charge in [0.25, 0.3) is 0 Å². The first kappa shape index (κ1) is 12.7. The van der Waals surface area contributed by atoms with Crippen molar-refractivity contribution < 1.29 is 9.53 Å². The molecule has 0 unspecified atom stereocenters. The minimum Gasteiger partial charge on any atom is -0.458 e. The highest BCUT2D eigenvalue weighted by molar-refractivity contribution is 8.12. The summed E-state index contributed by atoms with van der Waals surface area (Å²) in [6, 6.07) is 7.93. The van der Waals surface area contributed by atoms with Crippen molar-refractivity contribution in [1.82, 2.24) is 9.55 Å². The van der Waals surface area contributed by atoms with Crippen molar-refractivity contribution in [2.45, 2.75) is 12.7 Å². The molecule has 0 N–H and O–H groups in total. The molecule has 0 aliphatic heterocycles. The van der Waals surface area contributed by atoms with Gasteiger partial charge in [-0.2, -0.15) is 0 Å². The Labute approximate surface area is 110 Å². The van der Waals surface area contributed by atoms with Crippen LogP contribution in [0.1, 0.15) is 12.5 Å². The second-order valence-electron chi connectivity index (χ2n) is 3.57. The average molecular weight is 262 g/mol. The molecular formula is C13H14N2O2S. The number of thioether (sulfide) groups is 1. The Morgan fingerprint density at radius 2 is 2.28 bits per heavy atom. The van der Waals surface area contributed by atoms with Gasteiger partial charge < -0.3 is 9.30 Å². The number of carbonyl (C=O) groups is 1. The third-order valence-electron chi connectivity index (χ3n) is 2.38. The molecule has 1 aromatic heterocycles. The monoisotopic (exact) mass is 262 g/mol. The number of ether oxygens (including phenoxy) is 1. The van der Waals surface area contributed by atoms with Crippen molar-refractivity contribution in [1.29, 1.82) is 0 Å². The average Bonchev–Trinajstić information content (AvgIpc) is 2.91. The molecule has 0 saturated carbocycles. The fraction of sp³-hybridized carbons (Fsp3) is 0.231. The first-order chi connectivity index (χ1) is 8.81. The molecule has 0 aliphatic carbocycles. The predicted molar refractivity (Wildman–Crippen MR) is 71.9 cm³/mol.